The van der Waals surface area contributed by atoms with E-state index in [9.17, 15) is 27.2 Å². The average Bonchev–Trinajstić information content (AvgIpc) is 2.87. The lowest BCUT2D eigenvalue weighted by molar-refractivity contribution is -0.139. The highest BCUT2D eigenvalue weighted by Crippen LogP contribution is 2.25. The van der Waals surface area contributed by atoms with Crippen molar-refractivity contribution in [3.63, 3.8) is 0 Å². The zero-order chi connectivity index (χ0) is 28.6. The van der Waals surface area contributed by atoms with Gasteiger partial charge >= 0.3 is 12.1 Å². The van der Waals surface area contributed by atoms with Gasteiger partial charge in [-0.05, 0) is 53.1 Å². The average molecular weight is 545 g/mol. The Balaban J connectivity index is 0.000000218. The number of carboxylic acids is 1. The number of halogens is 4. The van der Waals surface area contributed by atoms with E-state index >= 15 is 0 Å². The molecule has 0 unspecified atom stereocenters. The molecule has 4 aromatic rings. The van der Waals surface area contributed by atoms with Gasteiger partial charge in [-0.1, -0.05) is 36.4 Å². The van der Waals surface area contributed by atoms with Crippen LogP contribution in [0.4, 0.5) is 23.5 Å². The highest BCUT2D eigenvalue weighted by atomic mass is 19.4. The van der Waals surface area contributed by atoms with E-state index in [0.29, 0.717) is 28.1 Å². The van der Waals surface area contributed by atoms with Crippen LogP contribution in [0.1, 0.15) is 5.56 Å². The van der Waals surface area contributed by atoms with Crippen molar-refractivity contribution in [1.82, 2.24) is 9.97 Å². The van der Waals surface area contributed by atoms with E-state index < -0.39 is 24.6 Å². The van der Waals surface area contributed by atoms with Crippen molar-refractivity contribution in [2.45, 2.75) is 18.6 Å². The van der Waals surface area contributed by atoms with Crippen LogP contribution in [0.25, 0.3) is 22.4 Å². The number of nitrogens with two attached hydrogens (primary N) is 2. The first kappa shape index (κ1) is 28.9. The molecule has 0 aliphatic heterocycles. The predicted octanol–water partition coefficient (Wildman–Crippen LogP) is 4.41. The monoisotopic (exact) mass is 544 g/mol. The Bertz CT molecular complexity index is 1460. The van der Waals surface area contributed by atoms with E-state index in [1.807, 2.05) is 0 Å². The smallest absolute Gasteiger partial charge is 0.393 e. The Kier molecular flexibility index (Phi) is 9.39. The van der Waals surface area contributed by atoms with Crippen LogP contribution in [0.3, 0.4) is 0 Å². The highest BCUT2D eigenvalue weighted by molar-refractivity contribution is 5.73. The van der Waals surface area contributed by atoms with E-state index in [4.69, 9.17) is 21.3 Å². The number of hydrogen-bond donors (Lipinski definition) is 4. The lowest BCUT2D eigenvalue weighted by atomic mass is 10.0. The summed E-state index contributed by atoms with van der Waals surface area (Å²) in [6.07, 6.45) is -5.16. The van der Waals surface area contributed by atoms with Gasteiger partial charge in [-0.25, -0.2) is 9.37 Å². The third-order valence-electron chi connectivity index (χ3n) is 5.17. The molecule has 0 aliphatic rings. The van der Waals surface area contributed by atoms with Gasteiger partial charge in [-0.3, -0.25) is 14.6 Å². The van der Waals surface area contributed by atoms with Gasteiger partial charge in [0.05, 0.1) is 12.1 Å². The van der Waals surface area contributed by atoms with E-state index in [0.717, 1.165) is 0 Å². The molecular weight excluding hydrogens is 520 g/mol. The first-order chi connectivity index (χ1) is 18.4. The van der Waals surface area contributed by atoms with Crippen LogP contribution in [-0.4, -0.2) is 39.9 Å². The number of rotatable bonds is 7. The number of anilines is 1. The molecule has 0 amide bonds. The second-order valence-corrected chi connectivity index (χ2v) is 8.30. The number of aromatic amines is 1. The second-order valence-electron chi connectivity index (χ2n) is 8.30. The number of alkyl halides is 3. The van der Waals surface area contributed by atoms with E-state index in [2.05, 4.69) is 9.97 Å². The molecule has 4 rings (SSSR count). The zero-order valence-corrected chi connectivity index (χ0v) is 20.3. The summed E-state index contributed by atoms with van der Waals surface area (Å²) in [5, 5.41) is 8.65. The summed E-state index contributed by atoms with van der Waals surface area (Å²) >= 11 is 0. The molecule has 0 fully saturated rings. The molecule has 6 N–H and O–H groups in total. The number of nitrogens with one attached hydrogen (secondary N) is 1. The number of H-pyrrole nitrogens is 1. The van der Waals surface area contributed by atoms with Crippen molar-refractivity contribution < 1.29 is 32.2 Å². The summed E-state index contributed by atoms with van der Waals surface area (Å²) in [5.74, 6) is -1.000. The third kappa shape index (κ3) is 9.27. The van der Waals surface area contributed by atoms with Gasteiger partial charge in [0.2, 0.25) is 5.95 Å². The highest BCUT2D eigenvalue weighted by Gasteiger charge is 2.27. The van der Waals surface area contributed by atoms with Crippen molar-refractivity contribution in [3.05, 3.63) is 101 Å². The molecule has 204 valence electrons. The van der Waals surface area contributed by atoms with E-state index in [1.54, 1.807) is 48.5 Å². The molecule has 12 heteroatoms. The van der Waals surface area contributed by atoms with Gasteiger partial charge < -0.3 is 21.3 Å². The number of nitrogen functional groups attached to an aromatic ring is 1. The van der Waals surface area contributed by atoms with Gasteiger partial charge in [0, 0.05) is 11.6 Å². The summed E-state index contributed by atoms with van der Waals surface area (Å²) in [4.78, 5) is 28.3. The Morgan fingerprint density at radius 1 is 0.974 bits per heavy atom. The normalized spacial score (nSPS) is 11.7. The fourth-order valence-corrected chi connectivity index (χ4v) is 3.32. The summed E-state index contributed by atoms with van der Waals surface area (Å²) in [6.45, 7) is -0.134. The zero-order valence-electron chi connectivity index (χ0n) is 20.3. The van der Waals surface area contributed by atoms with Crippen molar-refractivity contribution in [2.24, 2.45) is 5.73 Å². The standard InChI is InChI=1S/C14H10F4.C13H14N4O4/c15-13-3-1-2-12(8-13)11-6-4-10(5-7-11)9-14(16,17)18;14-9(12(19)20)6-21-8-3-1-7(2-4-8)10-5-11(18)17-13(15)16-10/h1-8H,9H2;1-5,9H,6,14H2,(H,19,20)(H3,15,16,17,18)/t;9-/m.0/s1. The molecule has 0 aliphatic carbocycles. The molecular formula is C27H24F4N4O4. The number of carboxylic acid groups (broad SMARTS) is 1. The van der Waals surface area contributed by atoms with Crippen LogP contribution in [-0.2, 0) is 11.2 Å². The van der Waals surface area contributed by atoms with E-state index in [1.165, 1.54) is 30.3 Å². The van der Waals surface area contributed by atoms with Crippen LogP contribution < -0.4 is 21.8 Å². The van der Waals surface area contributed by atoms with Crippen LogP contribution in [0.2, 0.25) is 0 Å². The molecule has 8 nitrogen and oxygen atoms in total. The molecule has 1 aromatic heterocycles. The van der Waals surface area contributed by atoms with Crippen LogP contribution in [0, 0.1) is 5.82 Å². The van der Waals surface area contributed by atoms with Gasteiger partial charge in [0.15, 0.2) is 0 Å². The Hall–Kier alpha value is -4.71. The molecule has 0 spiro atoms. The lowest BCUT2D eigenvalue weighted by Crippen LogP contribution is -2.36. The second kappa shape index (κ2) is 12.7. The maximum absolute atomic E-state index is 13.0. The summed E-state index contributed by atoms with van der Waals surface area (Å²) in [5.41, 5.74) is 13.1. The number of nitrogens with zero attached hydrogens (tertiary/aromatic N) is 1. The Morgan fingerprint density at radius 2 is 1.62 bits per heavy atom. The summed E-state index contributed by atoms with van der Waals surface area (Å²) in [6, 6.07) is 18.8. The molecule has 3 aromatic carbocycles. The molecule has 0 bridgehead atoms. The van der Waals surface area contributed by atoms with Crippen molar-refractivity contribution in [3.8, 4) is 28.1 Å². The Morgan fingerprint density at radius 3 is 2.18 bits per heavy atom. The molecule has 0 saturated heterocycles. The minimum absolute atomic E-state index is 0.0326. The minimum Gasteiger partial charge on any atom is -0.491 e. The molecule has 0 saturated carbocycles. The minimum atomic E-state index is -4.21. The first-order valence-corrected chi connectivity index (χ1v) is 11.4. The summed E-state index contributed by atoms with van der Waals surface area (Å²) < 4.78 is 54.8. The quantitative estimate of drug-likeness (QED) is 0.252. The van der Waals surface area contributed by atoms with Crippen LogP contribution >= 0.6 is 0 Å². The number of benzene rings is 3. The molecule has 1 atom stereocenters. The lowest BCUT2D eigenvalue weighted by Gasteiger charge is -2.09. The van der Waals surface area contributed by atoms with Crippen molar-refractivity contribution in [1.29, 1.82) is 0 Å². The fraction of sp³-hybridized carbons (Fsp3) is 0.148. The molecule has 0 radical (unpaired) electrons. The van der Waals surface area contributed by atoms with Gasteiger partial charge in [0.1, 0.15) is 24.2 Å². The maximum Gasteiger partial charge on any atom is 0.393 e. The summed E-state index contributed by atoms with van der Waals surface area (Å²) in [7, 11) is 0. The molecule has 39 heavy (non-hydrogen) atoms. The van der Waals surface area contributed by atoms with Gasteiger partial charge in [-0.15, -0.1) is 0 Å². The SMILES string of the molecule is Fc1cccc(-c2ccc(CC(F)(F)F)cc2)c1.Nc1nc(-c2ccc(OC[C@H](N)C(=O)O)cc2)cc(=O)[nH]1. The largest absolute Gasteiger partial charge is 0.491 e. The Labute approximate surface area is 219 Å². The number of hydrogen-bond acceptors (Lipinski definition) is 6. The van der Waals surface area contributed by atoms with Crippen molar-refractivity contribution >= 4 is 11.9 Å². The predicted molar refractivity (Wildman–Crippen MR) is 137 cm³/mol. The number of ether oxygens (including phenoxy) is 1. The first-order valence-electron chi connectivity index (χ1n) is 11.4. The van der Waals surface area contributed by atoms with Gasteiger partial charge in [-0.2, -0.15) is 13.2 Å². The van der Waals surface area contributed by atoms with Crippen molar-refractivity contribution in [2.75, 3.05) is 12.3 Å². The van der Waals surface area contributed by atoms with E-state index in [-0.39, 0.29) is 29.5 Å². The van der Waals surface area contributed by atoms with Gasteiger partial charge in [0.25, 0.3) is 5.56 Å². The maximum atomic E-state index is 13.0. The van der Waals surface area contributed by atoms with Crippen LogP contribution in [0.5, 0.6) is 5.75 Å². The number of aromatic nitrogens is 2. The third-order valence-corrected chi connectivity index (χ3v) is 5.17. The fourth-order valence-electron chi connectivity index (χ4n) is 3.32. The van der Waals surface area contributed by atoms with Crippen LogP contribution in [0.15, 0.2) is 83.7 Å². The molecule has 1 heterocycles. The number of carbonyl (C=O) groups is 1. The number of aliphatic carboxylic acids is 1. The topological polar surface area (TPSA) is 144 Å².